The molecule has 0 unspecified atom stereocenters. The van der Waals surface area contributed by atoms with E-state index in [1.54, 1.807) is 0 Å². The van der Waals surface area contributed by atoms with Crippen LogP contribution in [0.4, 0.5) is 0 Å². The summed E-state index contributed by atoms with van der Waals surface area (Å²) in [5.74, 6) is 0. The average molecular weight is 368 g/mol. The van der Waals surface area contributed by atoms with Crippen LogP contribution in [0.3, 0.4) is 0 Å². The van der Waals surface area contributed by atoms with E-state index in [0.717, 1.165) is 12.8 Å². The molecule has 0 spiro atoms. The summed E-state index contributed by atoms with van der Waals surface area (Å²) < 4.78 is 0. The van der Waals surface area contributed by atoms with Gasteiger partial charge in [0, 0.05) is 0 Å². The SMILES string of the molecule is C=CC[c-]1ccc2ccccc21.CCCCC1=[C-]CC=C1.[Zr+2]. The molecule has 0 saturated carbocycles. The van der Waals surface area contributed by atoms with Crippen LogP contribution in [-0.2, 0) is 32.6 Å². The maximum Gasteiger partial charge on any atom is 2.00 e. The summed E-state index contributed by atoms with van der Waals surface area (Å²) >= 11 is 0. The Labute approximate surface area is 154 Å². The standard InChI is InChI=1S/C12H11.C9H13.Zr/c1-2-5-10-8-9-11-6-3-4-7-12(10)11;1-2-3-6-9-7-4-5-8-9;/h2-4,6-9H,1,5H2;4,7H,2-3,5-6H2,1H3;/q2*-1;+2. The number of hydrogen-bond acceptors (Lipinski definition) is 0. The second kappa shape index (κ2) is 10.6. The van der Waals surface area contributed by atoms with Gasteiger partial charge in [0.1, 0.15) is 0 Å². The Kier molecular flexibility index (Phi) is 9.17. The molecule has 0 fully saturated rings. The molecular formula is C21H24Zr. The molecule has 0 N–H and O–H groups in total. The monoisotopic (exact) mass is 366 g/mol. The van der Waals surface area contributed by atoms with Crippen molar-refractivity contribution in [1.82, 2.24) is 0 Å². The normalized spacial score (nSPS) is 12.3. The molecule has 0 aromatic heterocycles. The third kappa shape index (κ3) is 5.61. The summed E-state index contributed by atoms with van der Waals surface area (Å²) in [7, 11) is 0. The second-order valence-electron chi connectivity index (χ2n) is 5.35. The summed E-state index contributed by atoms with van der Waals surface area (Å²) in [4.78, 5) is 0. The molecule has 0 heterocycles. The van der Waals surface area contributed by atoms with Gasteiger partial charge in [0.2, 0.25) is 0 Å². The van der Waals surface area contributed by atoms with E-state index in [-0.39, 0.29) is 26.2 Å². The van der Waals surface area contributed by atoms with Crippen LogP contribution in [0.1, 0.15) is 38.2 Å². The first-order chi connectivity index (χ1) is 10.3. The van der Waals surface area contributed by atoms with Gasteiger partial charge in [-0.3, -0.25) is 6.08 Å². The molecule has 1 aliphatic carbocycles. The molecule has 0 atom stereocenters. The summed E-state index contributed by atoms with van der Waals surface area (Å²) in [5.41, 5.74) is 2.79. The fourth-order valence-corrected chi connectivity index (χ4v) is 2.54. The van der Waals surface area contributed by atoms with Gasteiger partial charge in [0.15, 0.2) is 0 Å². The molecule has 2 aromatic carbocycles. The third-order valence-corrected chi connectivity index (χ3v) is 3.70. The maximum absolute atomic E-state index is 3.74. The Bertz CT molecular complexity index is 628. The molecule has 0 bridgehead atoms. The zero-order valence-corrected chi connectivity index (χ0v) is 15.9. The van der Waals surface area contributed by atoms with Gasteiger partial charge in [-0.05, 0) is 6.42 Å². The zero-order chi connectivity index (χ0) is 14.9. The van der Waals surface area contributed by atoms with E-state index in [2.05, 4.69) is 68.1 Å². The number of hydrogen-bond donors (Lipinski definition) is 0. The van der Waals surface area contributed by atoms with Crippen molar-refractivity contribution >= 4 is 10.8 Å². The maximum atomic E-state index is 3.74. The topological polar surface area (TPSA) is 0 Å². The van der Waals surface area contributed by atoms with Gasteiger partial charge in [-0.15, -0.1) is 53.6 Å². The van der Waals surface area contributed by atoms with Crippen LogP contribution < -0.4 is 0 Å². The van der Waals surface area contributed by atoms with Crippen molar-refractivity contribution < 1.29 is 26.2 Å². The Morgan fingerprint density at radius 3 is 2.77 bits per heavy atom. The van der Waals surface area contributed by atoms with Crippen molar-refractivity contribution in [2.75, 3.05) is 0 Å². The largest absolute Gasteiger partial charge is 2.00 e. The molecule has 22 heavy (non-hydrogen) atoms. The minimum Gasteiger partial charge on any atom is -0.269 e. The van der Waals surface area contributed by atoms with Crippen LogP contribution in [-0.4, -0.2) is 0 Å². The van der Waals surface area contributed by atoms with Gasteiger partial charge in [-0.25, -0.2) is 11.6 Å². The van der Waals surface area contributed by atoms with E-state index >= 15 is 0 Å². The molecule has 0 nitrogen and oxygen atoms in total. The van der Waals surface area contributed by atoms with Crippen LogP contribution >= 0.6 is 0 Å². The van der Waals surface area contributed by atoms with Crippen molar-refractivity contribution in [2.24, 2.45) is 0 Å². The molecule has 0 saturated heterocycles. The summed E-state index contributed by atoms with van der Waals surface area (Å²) in [6.45, 7) is 5.96. The van der Waals surface area contributed by atoms with E-state index in [4.69, 9.17) is 0 Å². The molecule has 0 amide bonds. The quantitative estimate of drug-likeness (QED) is 0.439. The Hall–Kier alpha value is -1.07. The van der Waals surface area contributed by atoms with Crippen LogP contribution in [0.15, 0.2) is 66.8 Å². The molecule has 1 aliphatic rings. The molecule has 0 aliphatic heterocycles. The zero-order valence-electron chi connectivity index (χ0n) is 13.4. The van der Waals surface area contributed by atoms with Crippen molar-refractivity contribution in [1.29, 1.82) is 0 Å². The molecule has 112 valence electrons. The molecule has 1 heteroatoms. The van der Waals surface area contributed by atoms with E-state index < -0.39 is 0 Å². The number of benzene rings is 1. The predicted molar refractivity (Wildman–Crippen MR) is 93.5 cm³/mol. The van der Waals surface area contributed by atoms with Crippen LogP contribution in [0, 0.1) is 6.08 Å². The third-order valence-electron chi connectivity index (χ3n) is 3.70. The first-order valence-electron chi connectivity index (χ1n) is 7.85. The van der Waals surface area contributed by atoms with E-state index in [1.807, 2.05) is 6.08 Å². The van der Waals surface area contributed by atoms with Gasteiger partial charge in [0.25, 0.3) is 0 Å². The molecule has 3 rings (SSSR count). The van der Waals surface area contributed by atoms with Gasteiger partial charge in [-0.1, -0.05) is 38.3 Å². The summed E-state index contributed by atoms with van der Waals surface area (Å²) in [5, 5.41) is 2.69. The second-order valence-corrected chi connectivity index (χ2v) is 5.35. The van der Waals surface area contributed by atoms with Crippen LogP contribution in [0.5, 0.6) is 0 Å². The molecule has 0 radical (unpaired) electrons. The smallest absolute Gasteiger partial charge is 0.269 e. The Morgan fingerprint density at radius 1 is 1.27 bits per heavy atom. The van der Waals surface area contributed by atoms with Crippen LogP contribution in [0.25, 0.3) is 10.8 Å². The Balaban J connectivity index is 0.000000219. The van der Waals surface area contributed by atoms with Crippen molar-refractivity contribution in [2.45, 2.75) is 39.0 Å². The fourth-order valence-electron chi connectivity index (χ4n) is 2.54. The minimum absolute atomic E-state index is 0. The van der Waals surface area contributed by atoms with Gasteiger partial charge < -0.3 is 0 Å². The number of fused-ring (bicyclic) bond motifs is 1. The fraction of sp³-hybridized carbons (Fsp3) is 0.286. The van der Waals surface area contributed by atoms with Gasteiger partial charge in [0.05, 0.1) is 0 Å². The minimum atomic E-state index is 0. The summed E-state index contributed by atoms with van der Waals surface area (Å²) in [6, 6.07) is 12.8. The number of rotatable bonds is 5. The van der Waals surface area contributed by atoms with Gasteiger partial charge >= 0.3 is 26.2 Å². The first kappa shape index (κ1) is 19.0. The molecule has 2 aromatic rings. The van der Waals surface area contributed by atoms with E-state index in [0.29, 0.717) is 0 Å². The van der Waals surface area contributed by atoms with Crippen molar-refractivity contribution in [3.05, 3.63) is 78.4 Å². The first-order valence-corrected chi connectivity index (χ1v) is 7.85. The van der Waals surface area contributed by atoms with Crippen molar-refractivity contribution in [3.63, 3.8) is 0 Å². The van der Waals surface area contributed by atoms with Gasteiger partial charge in [-0.2, -0.15) is 12.1 Å². The number of unbranched alkanes of at least 4 members (excludes halogenated alkanes) is 1. The van der Waals surface area contributed by atoms with Crippen molar-refractivity contribution in [3.8, 4) is 0 Å². The van der Waals surface area contributed by atoms with Crippen LogP contribution in [0.2, 0.25) is 0 Å². The van der Waals surface area contributed by atoms with E-state index in [1.165, 1.54) is 41.2 Å². The number of allylic oxidation sites excluding steroid dienone is 5. The Morgan fingerprint density at radius 2 is 2.09 bits per heavy atom. The van der Waals surface area contributed by atoms with E-state index in [9.17, 15) is 0 Å². The average Bonchev–Trinajstić information content (AvgIpc) is 3.16. The molecular weight excluding hydrogens is 343 g/mol. The predicted octanol–water partition coefficient (Wildman–Crippen LogP) is 6.15. The summed E-state index contributed by atoms with van der Waals surface area (Å²) in [6.07, 6.45) is 15.4.